The lowest BCUT2D eigenvalue weighted by atomic mass is 10.1. The summed E-state index contributed by atoms with van der Waals surface area (Å²) in [5.74, 6) is 1.20. The lowest BCUT2D eigenvalue weighted by molar-refractivity contribution is -0.112. The van der Waals surface area contributed by atoms with E-state index < -0.39 is 0 Å². The summed E-state index contributed by atoms with van der Waals surface area (Å²) in [7, 11) is 0. The van der Waals surface area contributed by atoms with E-state index in [1.54, 1.807) is 6.07 Å². The Balaban J connectivity index is 1.93. The molecule has 0 fully saturated rings. The van der Waals surface area contributed by atoms with Gasteiger partial charge in [0.15, 0.2) is 11.5 Å². The van der Waals surface area contributed by atoms with Gasteiger partial charge >= 0.3 is 0 Å². The minimum Gasteiger partial charge on any atom is -0.486 e. The van der Waals surface area contributed by atoms with Crippen LogP contribution in [-0.2, 0) is 4.79 Å². The quantitative estimate of drug-likeness (QED) is 0.867. The molecular formula is C14H12N2O4. The molecule has 2 aromatic rings. The van der Waals surface area contributed by atoms with Gasteiger partial charge < -0.3 is 14.0 Å². The van der Waals surface area contributed by atoms with Crippen LogP contribution in [0.3, 0.4) is 0 Å². The number of nitrogens with one attached hydrogen (secondary N) is 1. The number of rotatable bonds is 3. The number of aromatic nitrogens is 1. The minimum absolute atomic E-state index is 0.249. The smallest absolute Gasteiger partial charge is 0.250 e. The van der Waals surface area contributed by atoms with Crippen LogP contribution in [0.2, 0.25) is 0 Å². The van der Waals surface area contributed by atoms with Crippen molar-refractivity contribution in [1.29, 1.82) is 0 Å². The molecule has 0 unspecified atom stereocenters. The van der Waals surface area contributed by atoms with Crippen molar-refractivity contribution in [2.45, 2.75) is 0 Å². The predicted molar refractivity (Wildman–Crippen MR) is 71.8 cm³/mol. The van der Waals surface area contributed by atoms with E-state index in [0.29, 0.717) is 30.4 Å². The van der Waals surface area contributed by atoms with Gasteiger partial charge in [0, 0.05) is 11.6 Å². The molecule has 0 atom stereocenters. The molecular weight excluding hydrogens is 260 g/mol. The monoisotopic (exact) mass is 272 g/mol. The van der Waals surface area contributed by atoms with Gasteiger partial charge in [-0.3, -0.25) is 10.1 Å². The van der Waals surface area contributed by atoms with Crippen LogP contribution in [0.25, 0.3) is 11.3 Å². The van der Waals surface area contributed by atoms with Crippen LogP contribution in [0.5, 0.6) is 11.5 Å². The maximum absolute atomic E-state index is 11.2. The van der Waals surface area contributed by atoms with Crippen LogP contribution in [0, 0.1) is 0 Å². The van der Waals surface area contributed by atoms with Crippen molar-refractivity contribution in [3.63, 3.8) is 0 Å². The molecule has 3 rings (SSSR count). The zero-order valence-electron chi connectivity index (χ0n) is 10.6. The van der Waals surface area contributed by atoms with E-state index >= 15 is 0 Å². The number of carbonyl (C=O) groups is 1. The van der Waals surface area contributed by atoms with E-state index in [1.807, 2.05) is 18.2 Å². The second kappa shape index (κ2) is 5.08. The number of hydrogen-bond acceptors (Lipinski definition) is 5. The summed E-state index contributed by atoms with van der Waals surface area (Å²) in [6, 6.07) is 7.15. The molecule has 1 aliphatic rings. The molecule has 102 valence electrons. The Kier molecular flexibility index (Phi) is 3.12. The Hall–Kier alpha value is -2.76. The maximum Gasteiger partial charge on any atom is 0.250 e. The normalized spacial score (nSPS) is 12.8. The molecule has 1 aromatic heterocycles. The van der Waals surface area contributed by atoms with Crippen molar-refractivity contribution in [2.24, 2.45) is 0 Å². The van der Waals surface area contributed by atoms with Crippen LogP contribution in [0.15, 0.2) is 41.4 Å². The summed E-state index contributed by atoms with van der Waals surface area (Å²) in [5, 5.41) is 6.43. The summed E-state index contributed by atoms with van der Waals surface area (Å²) in [6.45, 7) is 4.38. The number of anilines is 1. The molecule has 1 amide bonds. The standard InChI is InChI=1S/C14H12N2O4/c1-2-12(17)15-13-8-10(16-20-13)9-4-3-5-11-14(9)19-7-6-18-11/h2-5,8H,1,6-7H2,(H,15,17). The Morgan fingerprint density at radius 1 is 1.35 bits per heavy atom. The first-order chi connectivity index (χ1) is 9.78. The largest absolute Gasteiger partial charge is 0.486 e. The molecule has 1 N–H and O–H groups in total. The molecule has 1 aromatic carbocycles. The summed E-state index contributed by atoms with van der Waals surface area (Å²) in [5.41, 5.74) is 1.32. The fourth-order valence-corrected chi connectivity index (χ4v) is 1.91. The van der Waals surface area contributed by atoms with Gasteiger partial charge in [-0.1, -0.05) is 17.8 Å². The van der Waals surface area contributed by atoms with E-state index in [2.05, 4.69) is 17.1 Å². The average Bonchev–Trinajstić information content (AvgIpc) is 2.94. The topological polar surface area (TPSA) is 73.6 Å². The minimum atomic E-state index is -0.359. The summed E-state index contributed by atoms with van der Waals surface area (Å²) >= 11 is 0. The van der Waals surface area contributed by atoms with Crippen LogP contribution >= 0.6 is 0 Å². The van der Waals surface area contributed by atoms with Crippen molar-refractivity contribution in [3.8, 4) is 22.8 Å². The SMILES string of the molecule is C=CC(=O)Nc1cc(-c2cccc3c2OCCO3)no1. The maximum atomic E-state index is 11.2. The number of amides is 1. The molecule has 6 heteroatoms. The molecule has 2 heterocycles. The highest BCUT2D eigenvalue weighted by molar-refractivity contribution is 5.98. The first-order valence-electron chi connectivity index (χ1n) is 6.07. The molecule has 0 radical (unpaired) electrons. The molecule has 0 bridgehead atoms. The molecule has 20 heavy (non-hydrogen) atoms. The number of fused-ring (bicyclic) bond motifs is 1. The van der Waals surface area contributed by atoms with Gasteiger partial charge in [0.05, 0.1) is 0 Å². The van der Waals surface area contributed by atoms with Gasteiger partial charge in [0.2, 0.25) is 11.8 Å². The van der Waals surface area contributed by atoms with Gasteiger partial charge in [-0.2, -0.15) is 0 Å². The van der Waals surface area contributed by atoms with Gasteiger partial charge in [-0.15, -0.1) is 0 Å². The van der Waals surface area contributed by atoms with Crippen molar-refractivity contribution in [2.75, 3.05) is 18.5 Å². The summed E-state index contributed by atoms with van der Waals surface area (Å²) < 4.78 is 16.2. The number of ether oxygens (including phenoxy) is 2. The number of nitrogens with zero attached hydrogens (tertiary/aromatic N) is 1. The highest BCUT2D eigenvalue weighted by atomic mass is 16.6. The second-order valence-electron chi connectivity index (χ2n) is 4.10. The first-order valence-corrected chi connectivity index (χ1v) is 6.07. The third kappa shape index (κ3) is 2.23. The highest BCUT2D eigenvalue weighted by Crippen LogP contribution is 2.39. The third-order valence-electron chi connectivity index (χ3n) is 2.78. The summed E-state index contributed by atoms with van der Waals surface area (Å²) in [6.07, 6.45) is 1.16. The number of hydrogen-bond donors (Lipinski definition) is 1. The van der Waals surface area contributed by atoms with Gasteiger partial charge in [0.25, 0.3) is 0 Å². The van der Waals surface area contributed by atoms with Crippen LogP contribution in [0.1, 0.15) is 0 Å². The Bertz CT molecular complexity index is 663. The summed E-state index contributed by atoms with van der Waals surface area (Å²) in [4.78, 5) is 11.2. The van der Waals surface area contributed by atoms with Crippen LogP contribution in [-0.4, -0.2) is 24.3 Å². The van der Waals surface area contributed by atoms with Crippen LogP contribution in [0.4, 0.5) is 5.88 Å². The number of carbonyl (C=O) groups excluding carboxylic acids is 1. The fourth-order valence-electron chi connectivity index (χ4n) is 1.91. The van der Waals surface area contributed by atoms with E-state index in [0.717, 1.165) is 11.6 Å². The molecule has 0 saturated heterocycles. The zero-order valence-corrected chi connectivity index (χ0v) is 10.6. The Morgan fingerprint density at radius 2 is 2.20 bits per heavy atom. The van der Waals surface area contributed by atoms with E-state index in [1.165, 1.54) is 0 Å². The number of benzene rings is 1. The van der Waals surface area contributed by atoms with Gasteiger partial charge in [-0.05, 0) is 18.2 Å². The van der Waals surface area contributed by atoms with E-state index in [9.17, 15) is 4.79 Å². The average molecular weight is 272 g/mol. The highest BCUT2D eigenvalue weighted by Gasteiger charge is 2.19. The van der Waals surface area contributed by atoms with Crippen molar-refractivity contribution >= 4 is 11.8 Å². The Labute approximate surface area is 115 Å². The number of para-hydroxylation sites is 1. The van der Waals surface area contributed by atoms with E-state index in [4.69, 9.17) is 14.0 Å². The van der Waals surface area contributed by atoms with Gasteiger partial charge in [-0.25, -0.2) is 0 Å². The molecule has 6 nitrogen and oxygen atoms in total. The third-order valence-corrected chi connectivity index (χ3v) is 2.78. The predicted octanol–water partition coefficient (Wildman–Crippen LogP) is 2.24. The molecule has 0 spiro atoms. The van der Waals surface area contributed by atoms with Crippen molar-refractivity contribution in [1.82, 2.24) is 5.16 Å². The zero-order chi connectivity index (χ0) is 13.9. The lowest BCUT2D eigenvalue weighted by Crippen LogP contribution is -2.15. The van der Waals surface area contributed by atoms with Crippen molar-refractivity contribution in [3.05, 3.63) is 36.9 Å². The van der Waals surface area contributed by atoms with Crippen LogP contribution < -0.4 is 14.8 Å². The van der Waals surface area contributed by atoms with Crippen molar-refractivity contribution < 1.29 is 18.8 Å². The Morgan fingerprint density at radius 3 is 3.05 bits per heavy atom. The lowest BCUT2D eigenvalue weighted by Gasteiger charge is -2.19. The molecule has 0 aliphatic carbocycles. The molecule has 1 aliphatic heterocycles. The first kappa shape index (κ1) is 12.3. The van der Waals surface area contributed by atoms with Gasteiger partial charge in [0.1, 0.15) is 18.9 Å². The second-order valence-corrected chi connectivity index (χ2v) is 4.10. The van der Waals surface area contributed by atoms with E-state index in [-0.39, 0.29) is 11.8 Å². The molecule has 0 saturated carbocycles. The fraction of sp³-hybridized carbons (Fsp3) is 0.143.